The molecule has 0 aliphatic rings. The number of benzene rings is 1. The molecule has 0 heterocycles. The van der Waals surface area contributed by atoms with Gasteiger partial charge in [0.25, 0.3) is 0 Å². The summed E-state index contributed by atoms with van der Waals surface area (Å²) in [6.45, 7) is 0.877. The summed E-state index contributed by atoms with van der Waals surface area (Å²) in [6, 6.07) is 5.75. The zero-order chi connectivity index (χ0) is 13.9. The number of carboxylic acids is 1. The molecule has 7 heteroatoms. The Bertz CT molecular complexity index is 544. The van der Waals surface area contributed by atoms with Crippen molar-refractivity contribution < 1.29 is 22.7 Å². The van der Waals surface area contributed by atoms with Gasteiger partial charge in [0.15, 0.2) is 5.25 Å². The number of aliphatic carboxylic acids is 1. The molecule has 1 N–H and O–H groups in total. The SMILES string of the molecule is CC(C(=O)O)S(=O)(=O)N(C)Cc1ccccc1F. The van der Waals surface area contributed by atoms with Gasteiger partial charge in [-0.05, 0) is 13.0 Å². The Morgan fingerprint density at radius 2 is 2.00 bits per heavy atom. The van der Waals surface area contributed by atoms with Gasteiger partial charge in [0, 0.05) is 19.2 Å². The van der Waals surface area contributed by atoms with Crippen molar-refractivity contribution in [3.05, 3.63) is 35.6 Å². The molecule has 0 aromatic heterocycles. The number of hydrogen-bond acceptors (Lipinski definition) is 3. The molecule has 1 unspecified atom stereocenters. The smallest absolute Gasteiger partial charge is 0.323 e. The first-order valence-electron chi connectivity index (χ1n) is 5.18. The lowest BCUT2D eigenvalue weighted by molar-refractivity contribution is -0.136. The fraction of sp³-hybridized carbons (Fsp3) is 0.364. The Morgan fingerprint density at radius 3 is 2.50 bits per heavy atom. The van der Waals surface area contributed by atoms with E-state index in [-0.39, 0.29) is 12.1 Å². The van der Waals surface area contributed by atoms with Crippen molar-refractivity contribution >= 4 is 16.0 Å². The van der Waals surface area contributed by atoms with Crippen molar-refractivity contribution in [1.82, 2.24) is 4.31 Å². The highest BCUT2D eigenvalue weighted by molar-refractivity contribution is 7.90. The summed E-state index contributed by atoms with van der Waals surface area (Å²) < 4.78 is 37.8. The highest BCUT2D eigenvalue weighted by Gasteiger charge is 2.31. The number of carbonyl (C=O) groups is 1. The van der Waals surface area contributed by atoms with E-state index < -0.39 is 27.1 Å². The van der Waals surface area contributed by atoms with Crippen molar-refractivity contribution in [3.8, 4) is 0 Å². The molecule has 1 rings (SSSR count). The van der Waals surface area contributed by atoms with Gasteiger partial charge in [-0.1, -0.05) is 18.2 Å². The summed E-state index contributed by atoms with van der Waals surface area (Å²) >= 11 is 0. The summed E-state index contributed by atoms with van der Waals surface area (Å²) in [7, 11) is -2.76. The third-order valence-corrected chi connectivity index (χ3v) is 4.67. The van der Waals surface area contributed by atoms with Crippen LogP contribution in [0.5, 0.6) is 0 Å². The Hall–Kier alpha value is -1.47. The lowest BCUT2D eigenvalue weighted by atomic mass is 10.2. The van der Waals surface area contributed by atoms with Gasteiger partial charge in [0.1, 0.15) is 5.82 Å². The normalized spacial score (nSPS) is 13.6. The minimum Gasteiger partial charge on any atom is -0.480 e. The molecule has 100 valence electrons. The van der Waals surface area contributed by atoms with Crippen molar-refractivity contribution in [2.24, 2.45) is 0 Å². The van der Waals surface area contributed by atoms with Crippen molar-refractivity contribution in [3.63, 3.8) is 0 Å². The van der Waals surface area contributed by atoms with Gasteiger partial charge in [0.05, 0.1) is 0 Å². The van der Waals surface area contributed by atoms with Crippen LogP contribution in [0.15, 0.2) is 24.3 Å². The predicted molar refractivity (Wildman–Crippen MR) is 63.9 cm³/mol. The molecule has 0 aliphatic heterocycles. The molecule has 0 saturated heterocycles. The van der Waals surface area contributed by atoms with Gasteiger partial charge < -0.3 is 5.11 Å². The lowest BCUT2D eigenvalue weighted by Gasteiger charge is -2.19. The van der Waals surface area contributed by atoms with E-state index in [1.807, 2.05) is 0 Å². The number of rotatable bonds is 5. The summed E-state index contributed by atoms with van der Waals surface area (Å²) in [5.74, 6) is -1.96. The zero-order valence-electron chi connectivity index (χ0n) is 10.00. The lowest BCUT2D eigenvalue weighted by Crippen LogP contribution is -2.38. The van der Waals surface area contributed by atoms with Crippen molar-refractivity contribution in [2.45, 2.75) is 18.7 Å². The maximum absolute atomic E-state index is 13.4. The van der Waals surface area contributed by atoms with Crippen LogP contribution in [0, 0.1) is 5.82 Å². The zero-order valence-corrected chi connectivity index (χ0v) is 10.8. The molecular formula is C11H14FNO4S. The Labute approximate surface area is 105 Å². The monoisotopic (exact) mass is 275 g/mol. The molecule has 18 heavy (non-hydrogen) atoms. The van der Waals surface area contributed by atoms with E-state index in [1.165, 1.54) is 25.2 Å². The standard InChI is InChI=1S/C11H14FNO4S/c1-8(11(14)15)18(16,17)13(2)7-9-5-3-4-6-10(9)12/h3-6,8H,7H2,1-2H3,(H,14,15). The Balaban J connectivity index is 2.93. The Morgan fingerprint density at radius 1 is 1.44 bits per heavy atom. The second-order valence-electron chi connectivity index (χ2n) is 3.87. The van der Waals surface area contributed by atoms with E-state index in [0.717, 1.165) is 11.2 Å². The largest absolute Gasteiger partial charge is 0.480 e. The van der Waals surface area contributed by atoms with Crippen LogP contribution < -0.4 is 0 Å². The van der Waals surface area contributed by atoms with Crippen molar-refractivity contribution in [2.75, 3.05) is 7.05 Å². The molecule has 0 bridgehead atoms. The van der Waals surface area contributed by atoms with Crippen LogP contribution in [0.3, 0.4) is 0 Å². The van der Waals surface area contributed by atoms with Crippen LogP contribution in [-0.4, -0.2) is 36.1 Å². The van der Waals surface area contributed by atoms with Gasteiger partial charge in [-0.15, -0.1) is 0 Å². The molecule has 1 aromatic rings. The molecular weight excluding hydrogens is 261 g/mol. The summed E-state index contributed by atoms with van der Waals surface area (Å²) in [6.07, 6.45) is 0. The minimum atomic E-state index is -3.99. The molecule has 1 atom stereocenters. The van der Waals surface area contributed by atoms with Gasteiger partial charge in [-0.25, -0.2) is 12.8 Å². The molecule has 0 fully saturated rings. The van der Waals surface area contributed by atoms with E-state index in [2.05, 4.69) is 0 Å². The van der Waals surface area contributed by atoms with Crippen LogP contribution in [-0.2, 0) is 21.4 Å². The van der Waals surface area contributed by atoms with Gasteiger partial charge in [-0.2, -0.15) is 4.31 Å². The van der Waals surface area contributed by atoms with Gasteiger partial charge >= 0.3 is 5.97 Å². The molecule has 0 aliphatic carbocycles. The van der Waals surface area contributed by atoms with Gasteiger partial charge in [0.2, 0.25) is 10.0 Å². The van der Waals surface area contributed by atoms with E-state index >= 15 is 0 Å². The summed E-state index contributed by atoms with van der Waals surface area (Å²) in [5, 5.41) is 7.15. The average molecular weight is 275 g/mol. The molecule has 5 nitrogen and oxygen atoms in total. The van der Waals surface area contributed by atoms with E-state index in [9.17, 15) is 17.6 Å². The van der Waals surface area contributed by atoms with Gasteiger partial charge in [-0.3, -0.25) is 4.79 Å². The first-order chi connectivity index (χ1) is 8.26. The molecule has 0 amide bonds. The summed E-state index contributed by atoms with van der Waals surface area (Å²) in [4.78, 5) is 10.7. The van der Waals surface area contributed by atoms with Crippen LogP contribution in [0.1, 0.15) is 12.5 Å². The molecule has 0 saturated carbocycles. The molecule has 1 aromatic carbocycles. The van der Waals surface area contributed by atoms with E-state index in [1.54, 1.807) is 6.07 Å². The second kappa shape index (κ2) is 5.45. The van der Waals surface area contributed by atoms with Crippen molar-refractivity contribution in [1.29, 1.82) is 0 Å². The van der Waals surface area contributed by atoms with Crippen LogP contribution >= 0.6 is 0 Å². The topological polar surface area (TPSA) is 74.7 Å². The highest BCUT2D eigenvalue weighted by atomic mass is 32.2. The molecule has 0 radical (unpaired) electrons. The second-order valence-corrected chi connectivity index (χ2v) is 6.23. The number of hydrogen-bond donors (Lipinski definition) is 1. The number of nitrogens with zero attached hydrogens (tertiary/aromatic N) is 1. The quantitative estimate of drug-likeness (QED) is 0.872. The third kappa shape index (κ3) is 3.05. The highest BCUT2D eigenvalue weighted by Crippen LogP contribution is 2.14. The Kier molecular flexibility index (Phi) is 4.42. The first-order valence-corrected chi connectivity index (χ1v) is 6.68. The van der Waals surface area contributed by atoms with E-state index in [0.29, 0.717) is 0 Å². The number of carboxylic acid groups (broad SMARTS) is 1. The van der Waals surface area contributed by atoms with Crippen LogP contribution in [0.2, 0.25) is 0 Å². The maximum Gasteiger partial charge on any atom is 0.323 e. The number of sulfonamides is 1. The fourth-order valence-electron chi connectivity index (χ4n) is 1.35. The summed E-state index contributed by atoms with van der Waals surface area (Å²) in [5.41, 5.74) is 0.196. The number of halogens is 1. The maximum atomic E-state index is 13.4. The first kappa shape index (κ1) is 14.6. The molecule has 0 spiro atoms. The average Bonchev–Trinajstić information content (AvgIpc) is 2.30. The predicted octanol–water partition coefficient (Wildman–Crippen LogP) is 1.06. The fourth-order valence-corrected chi connectivity index (χ4v) is 2.47. The minimum absolute atomic E-state index is 0.196. The van der Waals surface area contributed by atoms with E-state index in [4.69, 9.17) is 5.11 Å². The third-order valence-electron chi connectivity index (χ3n) is 2.58. The van der Waals surface area contributed by atoms with Crippen LogP contribution in [0.25, 0.3) is 0 Å². The van der Waals surface area contributed by atoms with Crippen LogP contribution in [0.4, 0.5) is 4.39 Å².